The lowest BCUT2D eigenvalue weighted by Gasteiger charge is -2.39. The number of carbonyl (C=O) groups is 2. The fourth-order valence-corrected chi connectivity index (χ4v) is 2.66. The van der Waals surface area contributed by atoms with Crippen molar-refractivity contribution in [3.8, 4) is 11.5 Å². The molecule has 1 heterocycles. The average Bonchev–Trinajstić information content (AvgIpc) is 2.51. The van der Waals surface area contributed by atoms with Crippen molar-refractivity contribution >= 4 is 19.1 Å². The standard InChI is InChI=1S/C15H20BNO9/c18-10(14(20)21)7-17-5-9(6-17)26-11-2-1-8(3-4-16(24)25)13(19)12(11)15(22)23/h1-2,9-10,18-19,24-25H,3-7H2,(H,20,21)(H,22,23). The number of nitrogens with zero attached hydrogens (tertiary/aromatic N) is 1. The van der Waals surface area contributed by atoms with Crippen molar-refractivity contribution in [3.63, 3.8) is 0 Å². The van der Waals surface area contributed by atoms with Gasteiger partial charge in [-0.25, -0.2) is 9.59 Å². The summed E-state index contributed by atoms with van der Waals surface area (Å²) >= 11 is 0. The van der Waals surface area contributed by atoms with E-state index in [1.165, 1.54) is 12.1 Å². The van der Waals surface area contributed by atoms with E-state index in [-0.39, 0.29) is 30.6 Å². The van der Waals surface area contributed by atoms with Crippen LogP contribution in [0.3, 0.4) is 0 Å². The maximum absolute atomic E-state index is 11.5. The number of phenols is 1. The number of aryl methyl sites for hydroxylation is 1. The Labute approximate surface area is 149 Å². The van der Waals surface area contributed by atoms with E-state index in [2.05, 4.69) is 0 Å². The van der Waals surface area contributed by atoms with E-state index in [9.17, 15) is 24.9 Å². The summed E-state index contributed by atoms with van der Waals surface area (Å²) < 4.78 is 5.57. The highest BCUT2D eigenvalue weighted by Gasteiger charge is 2.33. The number of benzene rings is 1. The van der Waals surface area contributed by atoms with E-state index in [1.807, 2.05) is 0 Å². The molecular weight excluding hydrogens is 349 g/mol. The lowest BCUT2D eigenvalue weighted by molar-refractivity contribution is -0.149. The van der Waals surface area contributed by atoms with Gasteiger partial charge in [-0.05, 0) is 24.4 Å². The van der Waals surface area contributed by atoms with Gasteiger partial charge in [0.05, 0.1) is 0 Å². The number of hydrogen-bond acceptors (Lipinski definition) is 8. The van der Waals surface area contributed by atoms with Gasteiger partial charge in [0.1, 0.15) is 23.2 Å². The van der Waals surface area contributed by atoms with Crippen LogP contribution in [0.25, 0.3) is 0 Å². The normalized spacial score (nSPS) is 16.0. The third kappa shape index (κ3) is 4.85. The summed E-state index contributed by atoms with van der Waals surface area (Å²) in [5, 5.41) is 55.2. The van der Waals surface area contributed by atoms with E-state index in [4.69, 9.17) is 19.9 Å². The van der Waals surface area contributed by atoms with Crippen LogP contribution in [-0.2, 0) is 11.2 Å². The van der Waals surface area contributed by atoms with Crippen molar-refractivity contribution in [1.82, 2.24) is 4.90 Å². The first kappa shape index (κ1) is 20.0. The molecule has 1 fully saturated rings. The first-order valence-corrected chi connectivity index (χ1v) is 7.93. The molecule has 1 atom stereocenters. The predicted molar refractivity (Wildman–Crippen MR) is 88.3 cm³/mol. The Bertz CT molecular complexity index is 675. The number of aromatic carboxylic acids is 1. The Morgan fingerprint density at radius 2 is 1.92 bits per heavy atom. The lowest BCUT2D eigenvalue weighted by atomic mass is 9.82. The van der Waals surface area contributed by atoms with E-state index in [0.29, 0.717) is 13.1 Å². The number of ether oxygens (including phenoxy) is 1. The fourth-order valence-electron chi connectivity index (χ4n) is 2.66. The Kier molecular flexibility index (Phi) is 6.43. The summed E-state index contributed by atoms with van der Waals surface area (Å²) in [7, 11) is -1.57. The quantitative estimate of drug-likeness (QED) is 0.285. The number of aliphatic hydroxyl groups excluding tert-OH is 1. The van der Waals surface area contributed by atoms with Crippen LogP contribution >= 0.6 is 0 Å². The van der Waals surface area contributed by atoms with Gasteiger partial charge in [-0.2, -0.15) is 0 Å². The summed E-state index contributed by atoms with van der Waals surface area (Å²) in [6.07, 6.45) is -1.89. The lowest BCUT2D eigenvalue weighted by Crippen LogP contribution is -2.56. The van der Waals surface area contributed by atoms with Crippen molar-refractivity contribution in [1.29, 1.82) is 0 Å². The first-order chi connectivity index (χ1) is 12.2. The number of carboxylic acids is 2. The number of aliphatic carboxylic acids is 1. The number of aromatic hydroxyl groups is 1. The molecule has 0 aromatic heterocycles. The van der Waals surface area contributed by atoms with Crippen LogP contribution in [0, 0.1) is 0 Å². The van der Waals surface area contributed by atoms with E-state index in [1.54, 1.807) is 4.90 Å². The van der Waals surface area contributed by atoms with Gasteiger partial charge in [-0.1, -0.05) is 6.07 Å². The zero-order valence-corrected chi connectivity index (χ0v) is 13.8. The van der Waals surface area contributed by atoms with Gasteiger partial charge >= 0.3 is 19.1 Å². The second kappa shape index (κ2) is 8.36. The highest BCUT2D eigenvalue weighted by molar-refractivity contribution is 6.41. The molecule has 1 saturated heterocycles. The molecule has 0 radical (unpaired) electrons. The van der Waals surface area contributed by atoms with Crippen LogP contribution in [0.4, 0.5) is 0 Å². The van der Waals surface area contributed by atoms with E-state index in [0.717, 1.165) is 0 Å². The number of hydrogen-bond donors (Lipinski definition) is 6. The minimum Gasteiger partial charge on any atom is -0.507 e. The number of rotatable bonds is 9. The minimum absolute atomic E-state index is 0.0354. The predicted octanol–water partition coefficient (Wildman–Crippen LogP) is -1.39. The molecule has 0 bridgehead atoms. The molecule has 0 spiro atoms. The second-order valence-electron chi connectivity index (χ2n) is 6.08. The largest absolute Gasteiger partial charge is 0.507 e. The fraction of sp³-hybridized carbons (Fsp3) is 0.467. The molecule has 142 valence electrons. The molecule has 10 nitrogen and oxygen atoms in total. The Balaban J connectivity index is 2.03. The summed E-state index contributed by atoms with van der Waals surface area (Å²) in [5.41, 5.74) is -0.165. The molecule has 2 rings (SSSR count). The molecule has 1 unspecified atom stereocenters. The highest BCUT2D eigenvalue weighted by Crippen LogP contribution is 2.33. The smallest absolute Gasteiger partial charge is 0.451 e. The van der Waals surface area contributed by atoms with Gasteiger partial charge in [0.15, 0.2) is 6.10 Å². The molecule has 0 amide bonds. The Morgan fingerprint density at radius 1 is 1.27 bits per heavy atom. The van der Waals surface area contributed by atoms with Gasteiger partial charge in [-0.15, -0.1) is 0 Å². The topological polar surface area (TPSA) is 168 Å². The second-order valence-corrected chi connectivity index (χ2v) is 6.08. The molecule has 1 aromatic rings. The molecule has 11 heteroatoms. The molecule has 1 aliphatic rings. The SMILES string of the molecule is O=C(O)c1c(OC2CN(CC(O)C(=O)O)C2)ccc(CCB(O)O)c1O. The third-order valence-electron chi connectivity index (χ3n) is 4.04. The Hall–Kier alpha value is -2.34. The van der Waals surface area contributed by atoms with Crippen LogP contribution in [0.2, 0.25) is 6.32 Å². The highest BCUT2D eigenvalue weighted by atomic mass is 16.5. The molecule has 6 N–H and O–H groups in total. The molecule has 0 saturated carbocycles. The average molecular weight is 369 g/mol. The van der Waals surface area contributed by atoms with Crippen LogP contribution in [0.5, 0.6) is 11.5 Å². The third-order valence-corrected chi connectivity index (χ3v) is 4.04. The monoisotopic (exact) mass is 369 g/mol. The van der Waals surface area contributed by atoms with Gasteiger partial charge in [-0.3, -0.25) is 4.90 Å². The van der Waals surface area contributed by atoms with E-state index < -0.39 is 42.6 Å². The van der Waals surface area contributed by atoms with Crippen molar-refractivity contribution in [2.24, 2.45) is 0 Å². The van der Waals surface area contributed by atoms with Crippen molar-refractivity contribution in [2.45, 2.75) is 24.9 Å². The van der Waals surface area contributed by atoms with Gasteiger partial charge in [0.25, 0.3) is 0 Å². The molecule has 26 heavy (non-hydrogen) atoms. The molecule has 1 aromatic carbocycles. The maximum Gasteiger partial charge on any atom is 0.451 e. The summed E-state index contributed by atoms with van der Waals surface area (Å²) in [6.45, 7) is 0.555. The Morgan fingerprint density at radius 3 is 2.46 bits per heavy atom. The summed E-state index contributed by atoms with van der Waals surface area (Å²) in [5.74, 6) is -3.24. The number of β-amino-alcohol motifs (C(OH)–C–C–N with tert-alkyl or cyclic N) is 1. The van der Waals surface area contributed by atoms with Crippen LogP contribution in [0.15, 0.2) is 12.1 Å². The zero-order valence-electron chi connectivity index (χ0n) is 13.8. The zero-order chi connectivity index (χ0) is 19.4. The summed E-state index contributed by atoms with van der Waals surface area (Å²) in [4.78, 5) is 23.7. The van der Waals surface area contributed by atoms with Gasteiger partial charge < -0.3 is 35.2 Å². The molecule has 0 aliphatic carbocycles. The van der Waals surface area contributed by atoms with Crippen LogP contribution in [-0.4, -0.2) is 86.3 Å². The first-order valence-electron chi connectivity index (χ1n) is 7.93. The minimum atomic E-state index is -1.57. The van der Waals surface area contributed by atoms with Crippen LogP contribution in [0.1, 0.15) is 15.9 Å². The summed E-state index contributed by atoms with van der Waals surface area (Å²) in [6, 6.07) is 2.83. The molecular formula is C15H20BNO9. The van der Waals surface area contributed by atoms with Crippen molar-refractivity contribution < 1.29 is 44.8 Å². The molecule has 1 aliphatic heterocycles. The maximum atomic E-state index is 11.5. The van der Waals surface area contributed by atoms with Crippen molar-refractivity contribution in [2.75, 3.05) is 19.6 Å². The van der Waals surface area contributed by atoms with Gasteiger partial charge in [0.2, 0.25) is 0 Å². The van der Waals surface area contributed by atoms with Crippen molar-refractivity contribution in [3.05, 3.63) is 23.3 Å². The number of carboxylic acid groups (broad SMARTS) is 2. The van der Waals surface area contributed by atoms with E-state index >= 15 is 0 Å². The van der Waals surface area contributed by atoms with Gasteiger partial charge in [0, 0.05) is 19.6 Å². The number of aliphatic hydroxyl groups is 1. The number of likely N-dealkylation sites (tertiary alicyclic amines) is 1. The van der Waals surface area contributed by atoms with Crippen LogP contribution < -0.4 is 4.74 Å².